The Labute approximate surface area is 182 Å². The van der Waals surface area contributed by atoms with Crippen LogP contribution in [0.1, 0.15) is 12.5 Å². The van der Waals surface area contributed by atoms with Gasteiger partial charge in [-0.3, -0.25) is 4.79 Å². The second-order valence-electron chi connectivity index (χ2n) is 7.71. The number of nitrogens with zero attached hydrogens (tertiary/aromatic N) is 2. The Bertz CT molecular complexity index is 1080. The lowest BCUT2D eigenvalue weighted by Crippen LogP contribution is -2.54. The largest absolute Gasteiger partial charge is 0.497 e. The summed E-state index contributed by atoms with van der Waals surface area (Å²) < 4.78 is 11.2. The summed E-state index contributed by atoms with van der Waals surface area (Å²) in [7, 11) is 1.66. The molecule has 0 spiro atoms. The van der Waals surface area contributed by atoms with Gasteiger partial charge in [0.05, 0.1) is 7.11 Å². The van der Waals surface area contributed by atoms with E-state index in [1.807, 2.05) is 53.4 Å². The summed E-state index contributed by atoms with van der Waals surface area (Å²) in [5, 5.41) is 9.44. The van der Waals surface area contributed by atoms with Crippen molar-refractivity contribution in [3.05, 3.63) is 66.2 Å². The first-order chi connectivity index (χ1) is 15.1. The maximum atomic E-state index is 12.8. The summed E-state index contributed by atoms with van der Waals surface area (Å²) in [4.78, 5) is 17.0. The van der Waals surface area contributed by atoms with Crippen LogP contribution >= 0.6 is 0 Å². The van der Waals surface area contributed by atoms with Gasteiger partial charge in [-0.15, -0.1) is 0 Å². The first kappa shape index (κ1) is 20.7. The number of amides is 1. The maximum Gasteiger partial charge on any atom is 0.260 e. The van der Waals surface area contributed by atoms with Crippen molar-refractivity contribution in [2.45, 2.75) is 13.0 Å². The Morgan fingerprint density at radius 1 is 1.06 bits per heavy atom. The number of benzene rings is 3. The molecule has 160 valence electrons. The van der Waals surface area contributed by atoms with Crippen molar-refractivity contribution in [3.8, 4) is 11.5 Å². The molecule has 4 rings (SSSR count). The van der Waals surface area contributed by atoms with E-state index in [2.05, 4.69) is 24.0 Å². The first-order valence-electron chi connectivity index (χ1n) is 10.4. The van der Waals surface area contributed by atoms with Gasteiger partial charge in [0.2, 0.25) is 0 Å². The van der Waals surface area contributed by atoms with Crippen molar-refractivity contribution in [3.63, 3.8) is 0 Å². The van der Waals surface area contributed by atoms with Crippen molar-refractivity contribution in [2.75, 3.05) is 38.3 Å². The molecule has 1 heterocycles. The van der Waals surface area contributed by atoms with Gasteiger partial charge in [0, 0.05) is 48.5 Å². The van der Waals surface area contributed by atoms with Crippen LogP contribution in [-0.2, 0) is 4.79 Å². The highest BCUT2D eigenvalue weighted by Gasteiger charge is 2.27. The van der Waals surface area contributed by atoms with E-state index in [-0.39, 0.29) is 18.6 Å². The molecule has 1 unspecified atom stereocenters. The average molecular weight is 418 g/mol. The lowest BCUT2D eigenvalue weighted by Gasteiger charge is -2.41. The van der Waals surface area contributed by atoms with Crippen LogP contribution in [0.25, 0.3) is 10.8 Å². The molecule has 31 heavy (non-hydrogen) atoms. The molecule has 6 nitrogen and oxygen atoms in total. The van der Waals surface area contributed by atoms with Crippen LogP contribution in [0.2, 0.25) is 0 Å². The number of hydrogen-bond donors (Lipinski definition) is 1. The molecule has 1 amide bonds. The Hall–Kier alpha value is -3.54. The maximum absolute atomic E-state index is 12.8. The third-order valence-corrected chi connectivity index (χ3v) is 5.81. The van der Waals surface area contributed by atoms with E-state index in [4.69, 9.17) is 14.9 Å². The zero-order valence-corrected chi connectivity index (χ0v) is 17.9. The van der Waals surface area contributed by atoms with Crippen LogP contribution in [0.15, 0.2) is 60.7 Å². The fourth-order valence-electron chi connectivity index (χ4n) is 4.12. The Morgan fingerprint density at radius 2 is 1.81 bits per heavy atom. The monoisotopic (exact) mass is 417 g/mol. The Balaban J connectivity index is 1.39. The van der Waals surface area contributed by atoms with Crippen LogP contribution in [0.3, 0.4) is 0 Å². The summed E-state index contributed by atoms with van der Waals surface area (Å²) in [6.45, 7) is 4.22. The van der Waals surface area contributed by atoms with Gasteiger partial charge in [0.1, 0.15) is 11.5 Å². The van der Waals surface area contributed by atoms with E-state index >= 15 is 0 Å². The molecule has 0 aliphatic carbocycles. The SMILES string of the molecule is COc1ccc(N2CCN(C(=O)COc3ccc(C=N)c4ccccc34)CC2C)cc1. The highest BCUT2D eigenvalue weighted by molar-refractivity contribution is 6.01. The number of piperazine rings is 1. The van der Waals surface area contributed by atoms with E-state index in [1.165, 1.54) is 6.21 Å². The molecular formula is C25H27N3O3. The summed E-state index contributed by atoms with van der Waals surface area (Å²) in [5.74, 6) is 1.49. The molecule has 0 saturated carbocycles. The zero-order chi connectivity index (χ0) is 21.8. The number of nitrogens with one attached hydrogen (secondary N) is 1. The van der Waals surface area contributed by atoms with E-state index in [0.717, 1.165) is 34.3 Å². The molecule has 3 aromatic rings. The van der Waals surface area contributed by atoms with Crippen molar-refractivity contribution >= 4 is 28.6 Å². The van der Waals surface area contributed by atoms with Crippen LogP contribution in [0.5, 0.6) is 11.5 Å². The molecule has 1 aliphatic rings. The van der Waals surface area contributed by atoms with Gasteiger partial charge in [0.15, 0.2) is 6.61 Å². The summed E-state index contributed by atoms with van der Waals surface area (Å²) in [5.41, 5.74) is 1.96. The molecule has 0 bridgehead atoms. The number of anilines is 1. The van der Waals surface area contributed by atoms with Gasteiger partial charge in [0.25, 0.3) is 5.91 Å². The van der Waals surface area contributed by atoms with E-state index in [9.17, 15) is 4.79 Å². The Morgan fingerprint density at radius 3 is 2.48 bits per heavy atom. The molecule has 0 radical (unpaired) electrons. The molecule has 6 heteroatoms. The van der Waals surface area contributed by atoms with Crippen LogP contribution in [0, 0.1) is 5.41 Å². The van der Waals surface area contributed by atoms with Gasteiger partial charge in [-0.1, -0.05) is 24.3 Å². The number of ether oxygens (including phenoxy) is 2. The number of carbonyl (C=O) groups is 1. The molecular weight excluding hydrogens is 390 g/mol. The summed E-state index contributed by atoms with van der Waals surface area (Å²) >= 11 is 0. The molecule has 1 aliphatic heterocycles. The van der Waals surface area contributed by atoms with Crippen LogP contribution < -0.4 is 14.4 Å². The van der Waals surface area contributed by atoms with Gasteiger partial charge < -0.3 is 24.7 Å². The lowest BCUT2D eigenvalue weighted by molar-refractivity contribution is -0.134. The minimum atomic E-state index is -0.0126. The highest BCUT2D eigenvalue weighted by atomic mass is 16.5. The number of carbonyl (C=O) groups excluding carboxylic acids is 1. The molecule has 1 N–H and O–H groups in total. The number of rotatable bonds is 6. The normalized spacial score (nSPS) is 16.3. The predicted molar refractivity (Wildman–Crippen MR) is 124 cm³/mol. The van der Waals surface area contributed by atoms with Gasteiger partial charge in [-0.25, -0.2) is 0 Å². The van der Waals surface area contributed by atoms with E-state index < -0.39 is 0 Å². The van der Waals surface area contributed by atoms with E-state index in [1.54, 1.807) is 7.11 Å². The third-order valence-electron chi connectivity index (χ3n) is 5.81. The lowest BCUT2D eigenvalue weighted by atomic mass is 10.0. The van der Waals surface area contributed by atoms with E-state index in [0.29, 0.717) is 18.8 Å². The van der Waals surface area contributed by atoms with Crippen LogP contribution in [-0.4, -0.2) is 56.4 Å². The smallest absolute Gasteiger partial charge is 0.260 e. The van der Waals surface area contributed by atoms with Crippen molar-refractivity contribution < 1.29 is 14.3 Å². The average Bonchev–Trinajstić information content (AvgIpc) is 2.82. The number of methoxy groups -OCH3 is 1. The second kappa shape index (κ2) is 9.08. The molecule has 1 fully saturated rings. The van der Waals surface area contributed by atoms with Crippen LogP contribution in [0.4, 0.5) is 5.69 Å². The predicted octanol–water partition coefficient (Wildman–Crippen LogP) is 3.96. The first-order valence-corrected chi connectivity index (χ1v) is 10.4. The minimum Gasteiger partial charge on any atom is -0.497 e. The minimum absolute atomic E-state index is 0.00316. The van der Waals surface area contributed by atoms with Crippen molar-refractivity contribution in [1.82, 2.24) is 4.90 Å². The molecule has 0 aromatic heterocycles. The highest BCUT2D eigenvalue weighted by Crippen LogP contribution is 2.28. The number of hydrogen-bond acceptors (Lipinski definition) is 5. The fraction of sp³-hybridized carbons (Fsp3) is 0.280. The molecule has 3 aromatic carbocycles. The van der Waals surface area contributed by atoms with Gasteiger partial charge >= 0.3 is 0 Å². The third kappa shape index (κ3) is 4.33. The van der Waals surface area contributed by atoms with Gasteiger partial charge in [-0.05, 0) is 48.7 Å². The molecule has 1 atom stereocenters. The van der Waals surface area contributed by atoms with Crippen molar-refractivity contribution in [1.29, 1.82) is 5.41 Å². The second-order valence-corrected chi connectivity index (χ2v) is 7.71. The zero-order valence-electron chi connectivity index (χ0n) is 17.9. The standard InChI is InChI=1S/C25H27N3O3/c1-18-16-27(13-14-28(18)20-8-10-21(30-2)11-9-20)25(29)17-31-24-12-7-19(15-26)22-5-3-4-6-23(22)24/h3-12,15,18,26H,13-14,16-17H2,1-2H3. The quantitative estimate of drug-likeness (QED) is 0.617. The molecule has 1 saturated heterocycles. The number of fused-ring (bicyclic) bond motifs is 1. The van der Waals surface area contributed by atoms with Crippen molar-refractivity contribution in [2.24, 2.45) is 0 Å². The Kier molecular flexibility index (Phi) is 6.07. The fourth-order valence-corrected chi connectivity index (χ4v) is 4.12. The topological polar surface area (TPSA) is 65.9 Å². The van der Waals surface area contributed by atoms with Gasteiger partial charge in [-0.2, -0.15) is 0 Å². The summed E-state index contributed by atoms with van der Waals surface area (Å²) in [6, 6.07) is 19.7. The summed E-state index contributed by atoms with van der Waals surface area (Å²) in [6.07, 6.45) is 1.33.